The molecule has 1 fully saturated rings. The summed E-state index contributed by atoms with van der Waals surface area (Å²) in [5.41, 5.74) is 7.07. The van der Waals surface area contributed by atoms with E-state index in [0.717, 1.165) is 44.1 Å². The zero-order valence-corrected chi connectivity index (χ0v) is 20.6. The molecule has 1 aromatic carbocycles. The van der Waals surface area contributed by atoms with E-state index in [1.54, 1.807) is 17.5 Å². The fourth-order valence-corrected chi connectivity index (χ4v) is 6.66. The molecule has 5 nitrogen and oxygen atoms in total. The second-order valence-electron chi connectivity index (χ2n) is 9.83. The first kappa shape index (κ1) is 23.4. The predicted molar refractivity (Wildman–Crippen MR) is 132 cm³/mol. The molecule has 3 aromatic rings. The predicted octanol–water partition coefficient (Wildman–Crippen LogP) is 4.72. The smallest absolute Gasteiger partial charge is 0.333 e. The Morgan fingerprint density at radius 1 is 1.11 bits per heavy atom. The van der Waals surface area contributed by atoms with E-state index in [4.69, 9.17) is 4.99 Å². The van der Waals surface area contributed by atoms with Crippen LogP contribution in [0, 0.1) is 6.92 Å². The van der Waals surface area contributed by atoms with Crippen molar-refractivity contribution in [1.82, 2.24) is 14.8 Å². The van der Waals surface area contributed by atoms with Crippen molar-refractivity contribution in [1.29, 1.82) is 0 Å². The summed E-state index contributed by atoms with van der Waals surface area (Å²) in [6, 6.07) is 11.8. The van der Waals surface area contributed by atoms with Gasteiger partial charge in [-0.1, -0.05) is 12.1 Å². The van der Waals surface area contributed by atoms with Gasteiger partial charge in [0.25, 0.3) is 0 Å². The minimum Gasteiger partial charge on any atom is -0.333 e. The number of rotatable bonds is 4. The van der Waals surface area contributed by atoms with Crippen molar-refractivity contribution in [3.05, 3.63) is 86.4 Å². The average molecular weight is 511 g/mol. The number of thiophene rings is 1. The van der Waals surface area contributed by atoms with Gasteiger partial charge in [0, 0.05) is 53.4 Å². The monoisotopic (exact) mass is 510 g/mol. The van der Waals surface area contributed by atoms with Crippen LogP contribution < -0.4 is 0 Å². The fraction of sp³-hybridized carbons (Fsp3) is 0.370. The molecule has 0 N–H and O–H groups in total. The number of hydrogen-bond donors (Lipinski definition) is 0. The van der Waals surface area contributed by atoms with Crippen LogP contribution in [-0.2, 0) is 24.3 Å². The van der Waals surface area contributed by atoms with Gasteiger partial charge < -0.3 is 4.90 Å². The van der Waals surface area contributed by atoms with Gasteiger partial charge in [-0.15, -0.1) is 11.3 Å². The van der Waals surface area contributed by atoms with Crippen LogP contribution in [0.25, 0.3) is 0 Å². The maximum atomic E-state index is 13.3. The average Bonchev–Trinajstić information content (AvgIpc) is 3.56. The first-order valence-electron chi connectivity index (χ1n) is 12.0. The fourth-order valence-electron chi connectivity index (χ4n) is 5.78. The Morgan fingerprint density at radius 3 is 2.72 bits per heavy atom. The first-order valence-corrected chi connectivity index (χ1v) is 12.9. The number of likely N-dealkylation sites (tertiary alicyclic amines) is 1. The molecule has 36 heavy (non-hydrogen) atoms. The minimum atomic E-state index is -4.27. The minimum absolute atomic E-state index is 0.0215. The number of aromatic nitrogens is 1. The molecule has 1 amide bonds. The van der Waals surface area contributed by atoms with Crippen molar-refractivity contribution in [2.24, 2.45) is 4.99 Å². The van der Waals surface area contributed by atoms with E-state index in [2.05, 4.69) is 17.1 Å². The third kappa shape index (κ3) is 4.35. The van der Waals surface area contributed by atoms with Crippen LogP contribution >= 0.6 is 11.3 Å². The number of hydrogen-bond acceptors (Lipinski definition) is 5. The van der Waals surface area contributed by atoms with Crippen LogP contribution in [-0.4, -0.2) is 58.3 Å². The molecule has 0 bridgehead atoms. The van der Waals surface area contributed by atoms with Gasteiger partial charge in [0.2, 0.25) is 5.91 Å². The van der Waals surface area contributed by atoms with Gasteiger partial charge in [0.15, 0.2) is 0 Å². The Balaban J connectivity index is 1.31. The van der Waals surface area contributed by atoms with Crippen molar-refractivity contribution in [3.63, 3.8) is 0 Å². The molecule has 0 radical (unpaired) electrons. The van der Waals surface area contributed by atoms with Gasteiger partial charge in [-0.3, -0.25) is 19.7 Å². The summed E-state index contributed by atoms with van der Waals surface area (Å²) >= 11 is 1.54. The maximum Gasteiger partial charge on any atom is 0.401 e. The van der Waals surface area contributed by atoms with Gasteiger partial charge in [-0.2, -0.15) is 13.2 Å². The van der Waals surface area contributed by atoms with Gasteiger partial charge in [-0.05, 0) is 53.3 Å². The molecule has 3 aliphatic heterocycles. The Kier molecular flexibility index (Phi) is 5.72. The molecule has 2 aromatic heterocycles. The van der Waals surface area contributed by atoms with Crippen LogP contribution in [0.2, 0.25) is 0 Å². The van der Waals surface area contributed by atoms with Crippen molar-refractivity contribution >= 4 is 23.0 Å². The van der Waals surface area contributed by atoms with E-state index in [1.807, 2.05) is 41.5 Å². The lowest BCUT2D eigenvalue weighted by atomic mass is 9.89. The van der Waals surface area contributed by atoms with Gasteiger partial charge in [0.1, 0.15) is 0 Å². The molecule has 0 unspecified atom stereocenters. The molecule has 1 saturated heterocycles. The molecule has 2 atom stereocenters. The summed E-state index contributed by atoms with van der Waals surface area (Å²) in [6.07, 6.45) is -2.23. The Morgan fingerprint density at radius 2 is 1.97 bits per heavy atom. The number of carbonyl (C=O) groups is 1. The number of halogens is 3. The van der Waals surface area contributed by atoms with Crippen molar-refractivity contribution in [3.8, 4) is 0 Å². The van der Waals surface area contributed by atoms with Gasteiger partial charge >= 0.3 is 6.18 Å². The van der Waals surface area contributed by atoms with E-state index in [1.165, 1.54) is 4.90 Å². The zero-order valence-electron chi connectivity index (χ0n) is 19.8. The number of benzene rings is 1. The summed E-state index contributed by atoms with van der Waals surface area (Å²) in [6.45, 7) is 2.48. The number of alkyl halides is 3. The maximum absolute atomic E-state index is 13.3. The molecule has 186 valence electrons. The second kappa shape index (κ2) is 8.81. The lowest BCUT2D eigenvalue weighted by Gasteiger charge is -2.36. The summed E-state index contributed by atoms with van der Waals surface area (Å²) < 4.78 is 39.6. The van der Waals surface area contributed by atoms with E-state index >= 15 is 0 Å². The zero-order chi connectivity index (χ0) is 25.0. The van der Waals surface area contributed by atoms with E-state index < -0.39 is 12.7 Å². The molecule has 0 saturated carbocycles. The standard InChI is InChI=1S/C27H25F3N4OS/c1-16-7-17(4-5-31-16)26-21-9-20-12-34(25(35)10-18(20)8-19(21)11-32-26)23-14-33(15-27(28,29)30)13-22(23)24-3-2-6-36-24/h2-9,22-23H,10-15H2,1H3/t22-,23-/m1/s1. The van der Waals surface area contributed by atoms with Crippen molar-refractivity contribution in [2.45, 2.75) is 44.6 Å². The Bertz CT molecular complexity index is 1350. The Hall–Kier alpha value is -3.04. The van der Waals surface area contributed by atoms with Crippen LogP contribution in [0.3, 0.4) is 0 Å². The number of pyridine rings is 1. The normalized spacial score (nSPS) is 22.1. The molecular weight excluding hydrogens is 485 g/mol. The molecule has 0 spiro atoms. The number of carbonyl (C=O) groups excluding carboxylic acids is 1. The highest BCUT2D eigenvalue weighted by atomic mass is 32.1. The number of aryl methyl sites for hydroxylation is 1. The van der Waals surface area contributed by atoms with Crippen LogP contribution in [0.1, 0.15) is 44.3 Å². The largest absolute Gasteiger partial charge is 0.401 e. The lowest BCUT2D eigenvalue weighted by molar-refractivity contribution is -0.144. The topological polar surface area (TPSA) is 48.8 Å². The van der Waals surface area contributed by atoms with Crippen molar-refractivity contribution < 1.29 is 18.0 Å². The highest BCUT2D eigenvalue weighted by Crippen LogP contribution is 2.38. The summed E-state index contributed by atoms with van der Waals surface area (Å²) in [5, 5.41) is 1.94. The number of aliphatic imine (C=N–C) groups is 1. The number of amides is 1. The summed E-state index contributed by atoms with van der Waals surface area (Å²) in [5.74, 6) is -0.157. The third-order valence-corrected chi connectivity index (χ3v) is 8.34. The Labute approximate surface area is 211 Å². The molecule has 3 aliphatic rings. The van der Waals surface area contributed by atoms with E-state index in [-0.39, 0.29) is 30.8 Å². The molecule has 6 rings (SSSR count). The number of nitrogens with zero attached hydrogens (tertiary/aromatic N) is 4. The van der Waals surface area contributed by atoms with Gasteiger partial charge in [-0.25, -0.2) is 0 Å². The highest BCUT2D eigenvalue weighted by Gasteiger charge is 2.44. The van der Waals surface area contributed by atoms with E-state index in [9.17, 15) is 18.0 Å². The number of fused-ring (bicyclic) bond motifs is 2. The summed E-state index contributed by atoms with van der Waals surface area (Å²) in [7, 11) is 0. The van der Waals surface area contributed by atoms with Crippen molar-refractivity contribution in [2.75, 3.05) is 19.6 Å². The van der Waals surface area contributed by atoms with Crippen LogP contribution in [0.4, 0.5) is 13.2 Å². The van der Waals surface area contributed by atoms with Crippen LogP contribution in [0.5, 0.6) is 0 Å². The summed E-state index contributed by atoms with van der Waals surface area (Å²) in [4.78, 5) is 26.7. The van der Waals surface area contributed by atoms with Gasteiger partial charge in [0.05, 0.1) is 31.3 Å². The molecular formula is C27H25F3N4OS. The molecule has 9 heteroatoms. The molecule has 5 heterocycles. The van der Waals surface area contributed by atoms with Crippen LogP contribution in [0.15, 0.2) is 53.0 Å². The lowest BCUT2D eigenvalue weighted by Crippen LogP contribution is -2.47. The third-order valence-electron chi connectivity index (χ3n) is 7.34. The second-order valence-corrected chi connectivity index (χ2v) is 10.8. The SMILES string of the molecule is Cc1cc(C2=NCc3cc4c(cc32)CN([C@@H]2CN(CC(F)(F)F)C[C@H]2c2cccs2)C(=O)C4)ccn1. The first-order chi connectivity index (χ1) is 17.2. The quantitative estimate of drug-likeness (QED) is 0.511. The highest BCUT2D eigenvalue weighted by molar-refractivity contribution is 7.10. The van der Waals surface area contributed by atoms with E-state index in [0.29, 0.717) is 19.6 Å². The molecule has 0 aliphatic carbocycles.